The standard InChI is InChI=1S/C25H25ClN2O3/c1-3-17(2)22-12-4-5-13-23(22)31-16-24(29)27-20-10-6-8-18(14-20)25(30)28-21-11-7-9-19(26)15-21/h4-15,17H,3,16H2,1-2H3,(H,27,29)(H,28,30). The molecule has 1 atom stereocenters. The van der Waals surface area contributed by atoms with Crippen LogP contribution in [0.15, 0.2) is 72.8 Å². The average molecular weight is 437 g/mol. The first kappa shape index (κ1) is 22.4. The third-order valence-electron chi connectivity index (χ3n) is 4.91. The van der Waals surface area contributed by atoms with Crippen LogP contribution in [0.25, 0.3) is 0 Å². The Hall–Kier alpha value is -3.31. The minimum absolute atomic E-state index is 0.119. The van der Waals surface area contributed by atoms with Gasteiger partial charge in [0.25, 0.3) is 11.8 Å². The molecule has 3 aromatic rings. The molecule has 2 amide bonds. The number of benzene rings is 3. The number of hydrogen-bond donors (Lipinski definition) is 2. The molecule has 0 aromatic heterocycles. The van der Waals surface area contributed by atoms with Gasteiger partial charge in [-0.15, -0.1) is 0 Å². The number of para-hydroxylation sites is 1. The average Bonchev–Trinajstić information content (AvgIpc) is 2.77. The Morgan fingerprint density at radius 1 is 0.935 bits per heavy atom. The fraction of sp³-hybridized carbons (Fsp3) is 0.200. The molecule has 0 saturated heterocycles. The van der Waals surface area contributed by atoms with Crippen molar-refractivity contribution in [3.8, 4) is 5.75 Å². The van der Waals surface area contributed by atoms with E-state index < -0.39 is 0 Å². The summed E-state index contributed by atoms with van der Waals surface area (Å²) < 4.78 is 5.76. The highest BCUT2D eigenvalue weighted by Gasteiger charge is 2.12. The molecule has 160 valence electrons. The maximum absolute atomic E-state index is 12.5. The predicted molar refractivity (Wildman–Crippen MR) is 125 cm³/mol. The summed E-state index contributed by atoms with van der Waals surface area (Å²) in [6.45, 7) is 4.12. The lowest BCUT2D eigenvalue weighted by Gasteiger charge is -2.15. The molecule has 2 N–H and O–H groups in total. The molecular weight excluding hydrogens is 412 g/mol. The van der Waals surface area contributed by atoms with Crippen molar-refractivity contribution >= 4 is 34.8 Å². The van der Waals surface area contributed by atoms with Gasteiger partial charge < -0.3 is 15.4 Å². The van der Waals surface area contributed by atoms with E-state index in [0.29, 0.717) is 33.6 Å². The van der Waals surface area contributed by atoms with E-state index in [4.69, 9.17) is 16.3 Å². The van der Waals surface area contributed by atoms with E-state index in [2.05, 4.69) is 24.5 Å². The Morgan fingerprint density at radius 3 is 2.39 bits per heavy atom. The number of nitrogens with one attached hydrogen (secondary N) is 2. The van der Waals surface area contributed by atoms with E-state index in [1.807, 2.05) is 24.3 Å². The number of amides is 2. The highest BCUT2D eigenvalue weighted by atomic mass is 35.5. The van der Waals surface area contributed by atoms with E-state index in [1.54, 1.807) is 48.5 Å². The van der Waals surface area contributed by atoms with Crippen molar-refractivity contribution in [1.82, 2.24) is 0 Å². The van der Waals surface area contributed by atoms with Gasteiger partial charge in [0.15, 0.2) is 6.61 Å². The van der Waals surface area contributed by atoms with Gasteiger partial charge in [-0.3, -0.25) is 9.59 Å². The molecule has 3 aromatic carbocycles. The summed E-state index contributed by atoms with van der Waals surface area (Å²) in [5.41, 5.74) is 2.61. The molecule has 0 aliphatic rings. The predicted octanol–water partition coefficient (Wildman–Crippen LogP) is 6.12. The highest BCUT2D eigenvalue weighted by Crippen LogP contribution is 2.28. The number of hydrogen-bond acceptors (Lipinski definition) is 3. The van der Waals surface area contributed by atoms with Crippen LogP contribution in [-0.4, -0.2) is 18.4 Å². The molecular formula is C25H25ClN2O3. The van der Waals surface area contributed by atoms with Crippen molar-refractivity contribution in [2.75, 3.05) is 17.2 Å². The van der Waals surface area contributed by atoms with Crippen LogP contribution in [-0.2, 0) is 4.79 Å². The van der Waals surface area contributed by atoms with Gasteiger partial charge in [0, 0.05) is 22.0 Å². The third kappa shape index (κ3) is 6.33. The van der Waals surface area contributed by atoms with E-state index in [9.17, 15) is 9.59 Å². The Labute approximate surface area is 187 Å². The number of carbonyl (C=O) groups is 2. The lowest BCUT2D eigenvalue weighted by atomic mass is 9.98. The van der Waals surface area contributed by atoms with Gasteiger partial charge in [-0.25, -0.2) is 0 Å². The Morgan fingerprint density at radius 2 is 1.65 bits per heavy atom. The van der Waals surface area contributed by atoms with E-state index in [-0.39, 0.29) is 18.4 Å². The molecule has 0 radical (unpaired) electrons. The first-order valence-electron chi connectivity index (χ1n) is 10.1. The van der Waals surface area contributed by atoms with Crippen molar-refractivity contribution < 1.29 is 14.3 Å². The van der Waals surface area contributed by atoms with Crippen molar-refractivity contribution in [3.63, 3.8) is 0 Å². The van der Waals surface area contributed by atoms with Crippen LogP contribution in [0.1, 0.15) is 42.1 Å². The Kier molecular flexibility index (Phi) is 7.68. The van der Waals surface area contributed by atoms with Crippen LogP contribution >= 0.6 is 11.6 Å². The van der Waals surface area contributed by atoms with Gasteiger partial charge in [0.2, 0.25) is 0 Å². The smallest absolute Gasteiger partial charge is 0.262 e. The Bertz CT molecular complexity index is 1070. The van der Waals surface area contributed by atoms with Crippen molar-refractivity contribution in [2.24, 2.45) is 0 Å². The molecule has 0 aliphatic carbocycles. The summed E-state index contributed by atoms with van der Waals surface area (Å²) in [4.78, 5) is 24.9. The maximum atomic E-state index is 12.5. The van der Waals surface area contributed by atoms with Gasteiger partial charge in [-0.1, -0.05) is 55.8 Å². The van der Waals surface area contributed by atoms with Crippen molar-refractivity contribution in [1.29, 1.82) is 0 Å². The summed E-state index contributed by atoms with van der Waals surface area (Å²) in [5.74, 6) is 0.457. The first-order chi connectivity index (χ1) is 15.0. The molecule has 0 bridgehead atoms. The summed E-state index contributed by atoms with van der Waals surface area (Å²) in [7, 11) is 0. The fourth-order valence-electron chi connectivity index (χ4n) is 3.09. The number of carbonyl (C=O) groups excluding carboxylic acids is 2. The number of anilines is 2. The normalized spacial score (nSPS) is 11.5. The largest absolute Gasteiger partial charge is 0.483 e. The second-order valence-electron chi connectivity index (χ2n) is 7.23. The summed E-state index contributed by atoms with van der Waals surface area (Å²) in [6.07, 6.45) is 0.983. The zero-order chi connectivity index (χ0) is 22.2. The summed E-state index contributed by atoms with van der Waals surface area (Å²) in [5, 5.41) is 6.10. The minimum Gasteiger partial charge on any atom is -0.483 e. The highest BCUT2D eigenvalue weighted by molar-refractivity contribution is 6.31. The van der Waals surface area contributed by atoms with Crippen molar-refractivity contribution in [2.45, 2.75) is 26.2 Å². The second kappa shape index (κ2) is 10.6. The van der Waals surface area contributed by atoms with E-state index in [0.717, 1.165) is 12.0 Å². The monoisotopic (exact) mass is 436 g/mol. The molecule has 6 heteroatoms. The fourth-order valence-corrected chi connectivity index (χ4v) is 3.28. The summed E-state index contributed by atoms with van der Waals surface area (Å²) >= 11 is 5.96. The first-order valence-corrected chi connectivity index (χ1v) is 10.5. The molecule has 0 spiro atoms. The lowest BCUT2D eigenvalue weighted by molar-refractivity contribution is -0.118. The van der Waals surface area contributed by atoms with Crippen LogP contribution in [0.2, 0.25) is 5.02 Å². The van der Waals surface area contributed by atoms with E-state index >= 15 is 0 Å². The number of halogens is 1. The number of rotatable bonds is 8. The summed E-state index contributed by atoms with van der Waals surface area (Å²) in [6, 6.07) is 21.4. The lowest BCUT2D eigenvalue weighted by Crippen LogP contribution is -2.21. The third-order valence-corrected chi connectivity index (χ3v) is 5.15. The molecule has 1 unspecified atom stereocenters. The minimum atomic E-state index is -0.300. The van der Waals surface area contributed by atoms with Crippen LogP contribution in [0.5, 0.6) is 5.75 Å². The van der Waals surface area contributed by atoms with Crippen LogP contribution in [0.4, 0.5) is 11.4 Å². The van der Waals surface area contributed by atoms with Gasteiger partial charge in [0.05, 0.1) is 0 Å². The second-order valence-corrected chi connectivity index (χ2v) is 7.67. The van der Waals surface area contributed by atoms with Crippen LogP contribution in [0, 0.1) is 0 Å². The number of ether oxygens (including phenoxy) is 1. The topological polar surface area (TPSA) is 67.4 Å². The van der Waals surface area contributed by atoms with Crippen LogP contribution < -0.4 is 15.4 Å². The quantitative estimate of drug-likeness (QED) is 0.446. The van der Waals surface area contributed by atoms with Crippen LogP contribution in [0.3, 0.4) is 0 Å². The molecule has 0 fully saturated rings. The van der Waals surface area contributed by atoms with E-state index in [1.165, 1.54) is 0 Å². The molecule has 0 saturated carbocycles. The van der Waals surface area contributed by atoms with Gasteiger partial charge >= 0.3 is 0 Å². The van der Waals surface area contributed by atoms with Gasteiger partial charge in [0.1, 0.15) is 5.75 Å². The molecule has 0 aliphatic heterocycles. The zero-order valence-electron chi connectivity index (χ0n) is 17.5. The molecule has 31 heavy (non-hydrogen) atoms. The maximum Gasteiger partial charge on any atom is 0.262 e. The molecule has 5 nitrogen and oxygen atoms in total. The zero-order valence-corrected chi connectivity index (χ0v) is 18.3. The molecule has 3 rings (SSSR count). The van der Waals surface area contributed by atoms with Crippen molar-refractivity contribution in [3.05, 3.63) is 88.9 Å². The molecule has 0 heterocycles. The SMILES string of the molecule is CCC(C)c1ccccc1OCC(=O)Nc1cccc(C(=O)Nc2cccc(Cl)c2)c1. The Balaban J connectivity index is 1.61. The van der Waals surface area contributed by atoms with Gasteiger partial charge in [-0.2, -0.15) is 0 Å². The van der Waals surface area contributed by atoms with Gasteiger partial charge in [-0.05, 0) is 60.4 Å².